The average Bonchev–Trinajstić information content (AvgIpc) is 3.02. The van der Waals surface area contributed by atoms with Crippen molar-refractivity contribution in [3.63, 3.8) is 0 Å². The quantitative estimate of drug-likeness (QED) is 0.397. The first-order valence-corrected chi connectivity index (χ1v) is 9.27. The van der Waals surface area contributed by atoms with Gasteiger partial charge in [-0.25, -0.2) is 0 Å². The molecule has 0 spiro atoms. The summed E-state index contributed by atoms with van der Waals surface area (Å²) in [5.74, 6) is 1.94. The molecule has 2 saturated heterocycles. The number of hydrogen-bond acceptors (Lipinski definition) is 4. The van der Waals surface area contributed by atoms with Crippen molar-refractivity contribution in [1.82, 2.24) is 30.3 Å². The zero-order chi connectivity index (χ0) is 16.9. The van der Waals surface area contributed by atoms with Gasteiger partial charge in [0.25, 0.3) is 0 Å². The lowest BCUT2D eigenvalue weighted by atomic mass is 9.82. The number of guanidine groups is 1. The predicted molar refractivity (Wildman–Crippen MR) is 112 cm³/mol. The van der Waals surface area contributed by atoms with Gasteiger partial charge < -0.3 is 20.1 Å². The molecular weight excluding hydrogens is 429 g/mol. The fourth-order valence-electron chi connectivity index (χ4n) is 4.16. The predicted octanol–water partition coefficient (Wildman–Crippen LogP) is 1.64. The second kappa shape index (κ2) is 9.70. The van der Waals surface area contributed by atoms with Gasteiger partial charge in [0.1, 0.15) is 12.2 Å². The lowest BCUT2D eigenvalue weighted by Crippen LogP contribution is -2.56. The van der Waals surface area contributed by atoms with E-state index in [1.165, 1.54) is 32.1 Å². The van der Waals surface area contributed by atoms with Crippen molar-refractivity contribution in [1.29, 1.82) is 0 Å². The van der Waals surface area contributed by atoms with Gasteiger partial charge in [0, 0.05) is 44.7 Å². The van der Waals surface area contributed by atoms with E-state index >= 15 is 0 Å². The Balaban J connectivity index is 0.00000225. The molecule has 3 heterocycles. The molecule has 8 heteroatoms. The number of halogens is 1. The molecule has 2 aliphatic rings. The number of nitrogens with one attached hydrogen (secondary N) is 2. The van der Waals surface area contributed by atoms with Gasteiger partial charge in [0.05, 0.1) is 0 Å². The number of hydrogen-bond donors (Lipinski definition) is 2. The van der Waals surface area contributed by atoms with Crippen LogP contribution in [0.15, 0.2) is 11.3 Å². The summed E-state index contributed by atoms with van der Waals surface area (Å²) in [5, 5.41) is 15.2. The molecule has 0 amide bonds. The molecule has 2 atom stereocenters. The Kier molecular flexibility index (Phi) is 7.92. The first-order chi connectivity index (χ1) is 11.7. The topological polar surface area (TPSA) is 70.4 Å². The molecule has 2 N–H and O–H groups in total. The number of piperidine rings is 2. The first-order valence-electron chi connectivity index (χ1n) is 9.27. The van der Waals surface area contributed by atoms with E-state index in [9.17, 15) is 0 Å². The Bertz CT molecular complexity index is 545. The highest BCUT2D eigenvalue weighted by atomic mass is 127. The van der Waals surface area contributed by atoms with E-state index in [0.29, 0.717) is 6.04 Å². The minimum atomic E-state index is 0. The van der Waals surface area contributed by atoms with Crippen LogP contribution in [0.3, 0.4) is 0 Å². The molecule has 3 rings (SSSR count). The number of aromatic nitrogens is 3. The normalized spacial score (nSPS) is 26.8. The zero-order valence-corrected chi connectivity index (χ0v) is 17.9. The minimum absolute atomic E-state index is 0. The molecule has 1 aromatic rings. The zero-order valence-electron chi connectivity index (χ0n) is 15.6. The summed E-state index contributed by atoms with van der Waals surface area (Å²) in [5.41, 5.74) is 0. The lowest BCUT2D eigenvalue weighted by molar-refractivity contribution is 0.0526. The Hall–Kier alpha value is -0.900. The molecule has 7 nitrogen and oxygen atoms in total. The van der Waals surface area contributed by atoms with E-state index in [2.05, 4.69) is 49.3 Å². The van der Waals surface area contributed by atoms with Crippen LogP contribution in [0.4, 0.5) is 0 Å². The van der Waals surface area contributed by atoms with Crippen LogP contribution in [0.2, 0.25) is 0 Å². The molecule has 2 bridgehead atoms. The molecule has 2 aliphatic heterocycles. The van der Waals surface area contributed by atoms with Crippen LogP contribution in [0.1, 0.15) is 44.9 Å². The van der Waals surface area contributed by atoms with Crippen molar-refractivity contribution in [2.75, 3.05) is 20.6 Å². The maximum atomic E-state index is 4.40. The Morgan fingerprint density at radius 1 is 1.32 bits per heavy atom. The van der Waals surface area contributed by atoms with Crippen LogP contribution in [-0.4, -0.2) is 64.4 Å². The highest BCUT2D eigenvalue weighted by molar-refractivity contribution is 14.0. The highest BCUT2D eigenvalue weighted by Gasteiger charge is 2.36. The summed E-state index contributed by atoms with van der Waals surface area (Å²) in [6.07, 6.45) is 9.21. The molecule has 25 heavy (non-hydrogen) atoms. The molecule has 2 unspecified atom stereocenters. The molecule has 0 aliphatic carbocycles. The third-order valence-electron chi connectivity index (χ3n) is 5.56. The van der Waals surface area contributed by atoms with Crippen LogP contribution in [0.5, 0.6) is 0 Å². The van der Waals surface area contributed by atoms with Crippen LogP contribution in [-0.2, 0) is 13.0 Å². The monoisotopic (exact) mass is 461 g/mol. The second-order valence-electron chi connectivity index (χ2n) is 7.01. The number of aryl methyl sites for hydroxylation is 1. The van der Waals surface area contributed by atoms with Gasteiger partial charge in [-0.2, -0.15) is 0 Å². The smallest absolute Gasteiger partial charge is 0.191 e. The van der Waals surface area contributed by atoms with Crippen molar-refractivity contribution in [3.8, 4) is 0 Å². The molecular formula is C17H32IN7. The maximum Gasteiger partial charge on any atom is 0.191 e. The summed E-state index contributed by atoms with van der Waals surface area (Å²) in [4.78, 5) is 6.99. The maximum absolute atomic E-state index is 4.40. The van der Waals surface area contributed by atoms with Gasteiger partial charge in [0.15, 0.2) is 5.96 Å². The van der Waals surface area contributed by atoms with Gasteiger partial charge in [-0.05, 0) is 32.7 Å². The number of nitrogens with zero attached hydrogens (tertiary/aromatic N) is 5. The SMILES string of the molecule is CCc1nncn1CCNC(=NC)NC1CC2CCCC(C1)N2C.I. The van der Waals surface area contributed by atoms with Crippen molar-refractivity contribution < 1.29 is 0 Å². The van der Waals surface area contributed by atoms with Crippen molar-refractivity contribution in [2.24, 2.45) is 4.99 Å². The third-order valence-corrected chi connectivity index (χ3v) is 5.56. The first kappa shape index (κ1) is 20.4. The summed E-state index contributed by atoms with van der Waals surface area (Å²) in [6, 6.07) is 2.00. The largest absolute Gasteiger partial charge is 0.355 e. The van der Waals surface area contributed by atoms with Crippen molar-refractivity contribution in [3.05, 3.63) is 12.2 Å². The Labute approximate surface area is 168 Å². The molecule has 0 radical (unpaired) electrons. The number of fused-ring (bicyclic) bond motifs is 2. The van der Waals surface area contributed by atoms with E-state index in [1.54, 1.807) is 6.33 Å². The Morgan fingerprint density at radius 3 is 2.68 bits per heavy atom. The van der Waals surface area contributed by atoms with Gasteiger partial charge in [-0.1, -0.05) is 13.3 Å². The molecule has 0 aromatic carbocycles. The number of aliphatic imine (C=N–C) groups is 1. The van der Waals surface area contributed by atoms with Crippen molar-refractivity contribution in [2.45, 2.75) is 70.1 Å². The molecule has 2 fully saturated rings. The van der Waals surface area contributed by atoms with Gasteiger partial charge in [-0.3, -0.25) is 4.99 Å². The van der Waals surface area contributed by atoms with Gasteiger partial charge in [0.2, 0.25) is 0 Å². The fourth-order valence-corrected chi connectivity index (χ4v) is 4.16. The van der Waals surface area contributed by atoms with E-state index < -0.39 is 0 Å². The fraction of sp³-hybridized carbons (Fsp3) is 0.824. The van der Waals surface area contributed by atoms with Crippen LogP contribution in [0, 0.1) is 0 Å². The van der Waals surface area contributed by atoms with E-state index in [-0.39, 0.29) is 24.0 Å². The van der Waals surface area contributed by atoms with E-state index in [1.807, 2.05) is 7.05 Å². The lowest BCUT2D eigenvalue weighted by Gasteiger charge is -2.47. The standard InChI is InChI=1S/C17H31N7.HI/c1-4-16-22-20-12-24(16)9-8-19-17(18-2)21-13-10-14-6-5-7-15(11-13)23(14)3;/h12-15H,4-11H2,1-3H3,(H2,18,19,21);1H. The highest BCUT2D eigenvalue weighted by Crippen LogP contribution is 2.32. The molecule has 142 valence electrons. The van der Waals surface area contributed by atoms with Crippen molar-refractivity contribution >= 4 is 29.9 Å². The van der Waals surface area contributed by atoms with Crippen LogP contribution in [0.25, 0.3) is 0 Å². The summed E-state index contributed by atoms with van der Waals surface area (Å²) in [7, 11) is 4.14. The van der Waals surface area contributed by atoms with Gasteiger partial charge in [-0.15, -0.1) is 34.2 Å². The third kappa shape index (κ3) is 5.06. The average molecular weight is 461 g/mol. The van der Waals surface area contributed by atoms with Gasteiger partial charge >= 0.3 is 0 Å². The number of rotatable bonds is 5. The van der Waals surface area contributed by atoms with Crippen LogP contribution >= 0.6 is 24.0 Å². The van der Waals surface area contributed by atoms with E-state index in [4.69, 9.17) is 0 Å². The molecule has 0 saturated carbocycles. The Morgan fingerprint density at radius 2 is 2.04 bits per heavy atom. The molecule has 1 aromatic heterocycles. The minimum Gasteiger partial charge on any atom is -0.355 e. The van der Waals surface area contributed by atoms with Crippen LogP contribution < -0.4 is 10.6 Å². The second-order valence-corrected chi connectivity index (χ2v) is 7.01. The van der Waals surface area contributed by atoms with E-state index in [0.717, 1.165) is 43.4 Å². The summed E-state index contributed by atoms with van der Waals surface area (Å²) >= 11 is 0. The summed E-state index contributed by atoms with van der Waals surface area (Å²) < 4.78 is 2.10. The summed E-state index contributed by atoms with van der Waals surface area (Å²) in [6.45, 7) is 3.78.